The van der Waals surface area contributed by atoms with Crippen LogP contribution >= 0.6 is 11.6 Å². The molecule has 11 heteroatoms. The first-order chi connectivity index (χ1) is 15.0. The first-order valence-corrected chi connectivity index (χ1v) is 11.1. The summed E-state index contributed by atoms with van der Waals surface area (Å²) in [6, 6.07) is 14.2. The second-order valence-electron chi connectivity index (χ2n) is 6.93. The van der Waals surface area contributed by atoms with E-state index >= 15 is 0 Å². The molecule has 0 aliphatic heterocycles. The van der Waals surface area contributed by atoms with E-state index in [0.717, 1.165) is 0 Å². The zero-order chi connectivity index (χ0) is 23.5. The van der Waals surface area contributed by atoms with Gasteiger partial charge in [0, 0.05) is 33.7 Å². The molecule has 0 saturated heterocycles. The smallest absolute Gasteiger partial charge is 0.308 e. The van der Waals surface area contributed by atoms with Crippen molar-refractivity contribution in [3.8, 4) is 0 Å². The highest BCUT2D eigenvalue weighted by Gasteiger charge is 2.19. The Hall–Kier alpha value is -3.63. The Bertz CT molecular complexity index is 1290. The van der Waals surface area contributed by atoms with Crippen LogP contribution in [0.2, 0.25) is 5.02 Å². The minimum absolute atomic E-state index is 0.0174. The average Bonchev–Trinajstić information content (AvgIpc) is 2.72. The summed E-state index contributed by atoms with van der Waals surface area (Å²) in [6.45, 7) is 3.22. The lowest BCUT2D eigenvalue weighted by Crippen LogP contribution is -2.20. The molecule has 166 valence electrons. The van der Waals surface area contributed by atoms with E-state index in [1.807, 2.05) is 0 Å². The normalized spacial score (nSPS) is 11.0. The molecule has 0 saturated carbocycles. The zero-order valence-electron chi connectivity index (χ0n) is 17.0. The Morgan fingerprint density at radius 3 is 2.00 bits per heavy atom. The van der Waals surface area contributed by atoms with Crippen molar-refractivity contribution >= 4 is 50.4 Å². The van der Waals surface area contributed by atoms with Crippen LogP contribution in [0.1, 0.15) is 11.1 Å². The van der Waals surface area contributed by atoms with Crippen LogP contribution < -0.4 is 15.4 Å². The third-order valence-electron chi connectivity index (χ3n) is 4.50. The van der Waals surface area contributed by atoms with Crippen molar-refractivity contribution < 1.29 is 18.1 Å². The standard InChI is InChI=1S/C21H19ClN4O5S/c1-13-3-7-17(11-19(13)26(28)29)23-21(27)24-18-8-4-14(2)20(12-18)32(30,31)25-16-9-5-15(22)6-10-16/h3-12,25H,1-2H3,(H2,23,24,27). The average molecular weight is 475 g/mol. The van der Waals surface area contributed by atoms with Crippen molar-refractivity contribution in [3.05, 3.63) is 86.9 Å². The number of aryl methyl sites for hydroxylation is 2. The molecule has 0 unspecified atom stereocenters. The molecule has 32 heavy (non-hydrogen) atoms. The Labute approximate surface area is 189 Å². The van der Waals surface area contributed by atoms with E-state index in [9.17, 15) is 23.3 Å². The number of benzene rings is 3. The number of rotatable bonds is 6. The minimum Gasteiger partial charge on any atom is -0.308 e. The minimum atomic E-state index is -3.93. The molecule has 3 aromatic rings. The molecule has 9 nitrogen and oxygen atoms in total. The van der Waals surface area contributed by atoms with Gasteiger partial charge in [-0.2, -0.15) is 0 Å². The maximum Gasteiger partial charge on any atom is 0.323 e. The number of halogens is 1. The number of nitro groups is 1. The summed E-state index contributed by atoms with van der Waals surface area (Å²) >= 11 is 5.83. The number of carbonyl (C=O) groups excluding carboxylic acids is 1. The maximum atomic E-state index is 12.8. The molecule has 0 radical (unpaired) electrons. The van der Waals surface area contributed by atoms with Gasteiger partial charge in [0.25, 0.3) is 15.7 Å². The topological polar surface area (TPSA) is 130 Å². The van der Waals surface area contributed by atoms with E-state index in [1.165, 1.54) is 36.4 Å². The number of anilines is 3. The second-order valence-corrected chi connectivity index (χ2v) is 9.02. The van der Waals surface area contributed by atoms with Crippen molar-refractivity contribution in [3.63, 3.8) is 0 Å². The summed E-state index contributed by atoms with van der Waals surface area (Å²) in [5, 5.41) is 16.6. The largest absolute Gasteiger partial charge is 0.323 e. The molecule has 3 N–H and O–H groups in total. The fourth-order valence-electron chi connectivity index (χ4n) is 2.87. The lowest BCUT2D eigenvalue weighted by molar-refractivity contribution is -0.385. The van der Waals surface area contributed by atoms with Gasteiger partial charge in [0.05, 0.1) is 9.82 Å². The summed E-state index contributed by atoms with van der Waals surface area (Å²) in [7, 11) is -3.93. The number of carbonyl (C=O) groups is 1. The number of nitrogens with zero attached hydrogens (tertiary/aromatic N) is 1. The maximum absolute atomic E-state index is 12.8. The van der Waals surface area contributed by atoms with Crippen molar-refractivity contribution in [2.75, 3.05) is 15.4 Å². The van der Waals surface area contributed by atoms with Crippen LogP contribution in [0.3, 0.4) is 0 Å². The number of sulfonamides is 1. The fraction of sp³-hybridized carbons (Fsp3) is 0.0952. The van der Waals surface area contributed by atoms with Crippen LogP contribution in [0.5, 0.6) is 0 Å². The van der Waals surface area contributed by atoms with Gasteiger partial charge in [-0.05, 0) is 61.9 Å². The van der Waals surface area contributed by atoms with Crippen LogP contribution in [0, 0.1) is 24.0 Å². The van der Waals surface area contributed by atoms with E-state index in [2.05, 4.69) is 15.4 Å². The first kappa shape index (κ1) is 23.0. The molecule has 3 aromatic carbocycles. The van der Waals surface area contributed by atoms with Gasteiger partial charge in [-0.25, -0.2) is 13.2 Å². The van der Waals surface area contributed by atoms with Crippen LogP contribution in [-0.4, -0.2) is 19.4 Å². The number of hydrogen-bond donors (Lipinski definition) is 3. The van der Waals surface area contributed by atoms with Gasteiger partial charge in [0.2, 0.25) is 0 Å². The fourth-order valence-corrected chi connectivity index (χ4v) is 4.33. The summed E-state index contributed by atoms with van der Waals surface area (Å²) < 4.78 is 28.1. The van der Waals surface area contributed by atoms with Gasteiger partial charge in [0.15, 0.2) is 0 Å². The SMILES string of the molecule is Cc1ccc(NC(=O)Nc2ccc(C)c(S(=O)(=O)Nc3ccc(Cl)cc3)c2)cc1[N+](=O)[O-]. The Kier molecular flexibility index (Phi) is 6.66. The molecule has 0 heterocycles. The van der Waals surface area contributed by atoms with Crippen LogP contribution in [0.15, 0.2) is 65.6 Å². The number of nitrogens with one attached hydrogen (secondary N) is 3. The Balaban J connectivity index is 1.78. The van der Waals surface area contributed by atoms with E-state index in [4.69, 9.17) is 11.6 Å². The molecule has 0 aliphatic rings. The van der Waals surface area contributed by atoms with Crippen molar-refractivity contribution in [1.82, 2.24) is 0 Å². The van der Waals surface area contributed by atoms with E-state index < -0.39 is 21.0 Å². The predicted octanol–water partition coefficient (Wildman–Crippen LogP) is 5.31. The van der Waals surface area contributed by atoms with Crippen LogP contribution in [-0.2, 0) is 10.0 Å². The lowest BCUT2D eigenvalue weighted by Gasteiger charge is -2.13. The summed E-state index contributed by atoms with van der Waals surface area (Å²) in [6.07, 6.45) is 0. The molecule has 0 aliphatic carbocycles. The zero-order valence-corrected chi connectivity index (χ0v) is 18.6. The van der Waals surface area contributed by atoms with Gasteiger partial charge < -0.3 is 10.6 Å². The third-order valence-corrected chi connectivity index (χ3v) is 6.27. The molecular weight excluding hydrogens is 456 g/mol. The molecule has 0 spiro atoms. The number of amides is 2. The van der Waals surface area contributed by atoms with Gasteiger partial charge in [0.1, 0.15) is 0 Å². The van der Waals surface area contributed by atoms with Crippen LogP contribution in [0.25, 0.3) is 0 Å². The van der Waals surface area contributed by atoms with E-state index in [1.54, 1.807) is 38.1 Å². The molecule has 0 bridgehead atoms. The number of hydrogen-bond acceptors (Lipinski definition) is 5. The molecule has 0 atom stereocenters. The highest BCUT2D eigenvalue weighted by Crippen LogP contribution is 2.25. The van der Waals surface area contributed by atoms with Crippen molar-refractivity contribution in [2.45, 2.75) is 18.7 Å². The number of urea groups is 1. The molecular formula is C21H19ClN4O5S. The lowest BCUT2D eigenvalue weighted by atomic mass is 10.2. The highest BCUT2D eigenvalue weighted by atomic mass is 35.5. The Morgan fingerprint density at radius 2 is 1.41 bits per heavy atom. The summed E-state index contributed by atoms with van der Waals surface area (Å²) in [5.74, 6) is 0. The van der Waals surface area contributed by atoms with Crippen molar-refractivity contribution in [2.24, 2.45) is 0 Å². The van der Waals surface area contributed by atoms with Crippen molar-refractivity contribution in [1.29, 1.82) is 0 Å². The van der Waals surface area contributed by atoms with Gasteiger partial charge >= 0.3 is 6.03 Å². The quantitative estimate of drug-likeness (QED) is 0.329. The first-order valence-electron chi connectivity index (χ1n) is 9.27. The predicted molar refractivity (Wildman–Crippen MR) is 124 cm³/mol. The molecule has 0 aromatic heterocycles. The third kappa shape index (κ3) is 5.54. The molecule has 3 rings (SSSR count). The van der Waals surface area contributed by atoms with E-state index in [0.29, 0.717) is 21.8 Å². The second kappa shape index (κ2) is 9.25. The number of nitro benzene ring substituents is 1. The summed E-state index contributed by atoms with van der Waals surface area (Å²) in [5.41, 5.74) is 1.61. The summed E-state index contributed by atoms with van der Waals surface area (Å²) in [4.78, 5) is 22.9. The Morgan fingerprint density at radius 1 is 0.875 bits per heavy atom. The van der Waals surface area contributed by atoms with E-state index in [-0.39, 0.29) is 22.0 Å². The monoisotopic (exact) mass is 474 g/mol. The molecule has 2 amide bonds. The van der Waals surface area contributed by atoms with Crippen LogP contribution in [0.4, 0.5) is 27.5 Å². The van der Waals surface area contributed by atoms with Gasteiger partial charge in [-0.1, -0.05) is 23.7 Å². The molecule has 0 fully saturated rings. The van der Waals surface area contributed by atoms with Gasteiger partial charge in [-0.15, -0.1) is 0 Å². The van der Waals surface area contributed by atoms with Gasteiger partial charge in [-0.3, -0.25) is 14.8 Å². The highest BCUT2D eigenvalue weighted by molar-refractivity contribution is 7.92.